The number of nitrogens with zero attached hydrogens (tertiary/aromatic N) is 3. The Morgan fingerprint density at radius 3 is 3.06 bits per heavy atom. The zero-order valence-corrected chi connectivity index (χ0v) is 10.1. The fourth-order valence-electron chi connectivity index (χ4n) is 2.90. The summed E-state index contributed by atoms with van der Waals surface area (Å²) in [5.74, 6) is 2.13. The summed E-state index contributed by atoms with van der Waals surface area (Å²) in [4.78, 5) is 4.62. The van der Waals surface area contributed by atoms with Crippen molar-refractivity contribution >= 4 is 0 Å². The van der Waals surface area contributed by atoms with Gasteiger partial charge in [0.1, 0.15) is 5.82 Å². The quantitative estimate of drug-likeness (QED) is 0.799. The van der Waals surface area contributed by atoms with Crippen molar-refractivity contribution in [2.75, 3.05) is 13.2 Å². The highest BCUT2D eigenvalue weighted by molar-refractivity contribution is 5.04. The van der Waals surface area contributed by atoms with Crippen molar-refractivity contribution in [3.63, 3.8) is 0 Å². The maximum absolute atomic E-state index is 9.34. The number of aryl methyl sites for hydroxylation is 1. The third kappa shape index (κ3) is 2.21. The molecule has 0 aromatic carbocycles. The molecular weight excluding hydrogens is 216 g/mol. The average Bonchev–Trinajstić information content (AvgIpc) is 2.97. The molecule has 1 aromatic heterocycles. The molecule has 0 spiro atoms. The van der Waals surface area contributed by atoms with Crippen LogP contribution in [0.15, 0.2) is 0 Å². The lowest BCUT2D eigenvalue weighted by atomic mass is 10.0. The number of hydrogen-bond donors (Lipinski definition) is 2. The van der Waals surface area contributed by atoms with E-state index in [0.717, 1.165) is 44.0 Å². The van der Waals surface area contributed by atoms with Gasteiger partial charge in [-0.1, -0.05) is 0 Å². The predicted molar refractivity (Wildman–Crippen MR) is 63.8 cm³/mol. The summed E-state index contributed by atoms with van der Waals surface area (Å²) in [5, 5.41) is 17.4. The second kappa shape index (κ2) is 4.74. The smallest absolute Gasteiger partial charge is 0.152 e. The van der Waals surface area contributed by atoms with Crippen LogP contribution in [0.2, 0.25) is 0 Å². The van der Waals surface area contributed by atoms with Crippen molar-refractivity contribution in [1.82, 2.24) is 20.1 Å². The highest BCUT2D eigenvalue weighted by atomic mass is 16.3. The minimum Gasteiger partial charge on any atom is -0.396 e. The van der Waals surface area contributed by atoms with Crippen molar-refractivity contribution in [3.8, 4) is 0 Å². The number of nitrogens with one attached hydrogen (secondary N) is 1. The first-order valence-corrected chi connectivity index (χ1v) is 6.64. The number of fused-ring (bicyclic) bond motifs is 1. The fourth-order valence-corrected chi connectivity index (χ4v) is 2.90. The van der Waals surface area contributed by atoms with Gasteiger partial charge in [0, 0.05) is 24.9 Å². The Hall–Kier alpha value is -0.940. The minimum absolute atomic E-state index is 0.194. The molecule has 2 atom stereocenters. The number of rotatable bonds is 3. The Bertz CT molecular complexity index is 384. The van der Waals surface area contributed by atoms with Gasteiger partial charge in [-0.2, -0.15) is 5.10 Å². The number of aliphatic hydroxyl groups excluding tert-OH is 1. The molecule has 2 N–H and O–H groups in total. The van der Waals surface area contributed by atoms with E-state index in [2.05, 4.69) is 15.4 Å². The van der Waals surface area contributed by atoms with Crippen molar-refractivity contribution in [2.24, 2.45) is 0 Å². The molecule has 2 aliphatic heterocycles. The van der Waals surface area contributed by atoms with Gasteiger partial charge < -0.3 is 10.4 Å². The lowest BCUT2D eigenvalue weighted by Gasteiger charge is -2.19. The zero-order valence-electron chi connectivity index (χ0n) is 10.1. The molecular formula is C12H20N4O. The third-order valence-corrected chi connectivity index (χ3v) is 3.84. The monoisotopic (exact) mass is 236 g/mol. The Labute approximate surface area is 101 Å². The van der Waals surface area contributed by atoms with E-state index in [1.807, 2.05) is 4.68 Å². The number of hydrogen-bond acceptors (Lipinski definition) is 4. The second-order valence-electron chi connectivity index (χ2n) is 5.13. The van der Waals surface area contributed by atoms with Crippen molar-refractivity contribution in [2.45, 2.75) is 50.6 Å². The summed E-state index contributed by atoms with van der Waals surface area (Å²) >= 11 is 0. The van der Waals surface area contributed by atoms with E-state index >= 15 is 0 Å². The first-order valence-electron chi connectivity index (χ1n) is 6.64. The standard InChI is InChI=1S/C12H20N4O/c17-8-9-3-2-6-16-12(9)14-11(15-16)7-10-4-1-5-13-10/h9-10,13,17H,1-8H2. The molecule has 1 saturated heterocycles. The Morgan fingerprint density at radius 1 is 1.35 bits per heavy atom. The Balaban J connectivity index is 1.75. The van der Waals surface area contributed by atoms with Crippen LogP contribution in [-0.2, 0) is 13.0 Å². The highest BCUT2D eigenvalue weighted by Crippen LogP contribution is 2.25. The Kier molecular flexibility index (Phi) is 3.11. The summed E-state index contributed by atoms with van der Waals surface area (Å²) in [7, 11) is 0. The van der Waals surface area contributed by atoms with Gasteiger partial charge in [0.25, 0.3) is 0 Å². The van der Waals surface area contributed by atoms with E-state index in [-0.39, 0.29) is 12.5 Å². The van der Waals surface area contributed by atoms with Crippen LogP contribution in [0.25, 0.3) is 0 Å². The molecule has 5 heteroatoms. The van der Waals surface area contributed by atoms with E-state index in [0.29, 0.717) is 6.04 Å². The maximum Gasteiger partial charge on any atom is 0.152 e. The molecule has 0 bridgehead atoms. The van der Waals surface area contributed by atoms with Gasteiger partial charge in [-0.05, 0) is 32.2 Å². The molecule has 3 rings (SSSR count). The summed E-state index contributed by atoms with van der Waals surface area (Å²) in [5.41, 5.74) is 0. The zero-order chi connectivity index (χ0) is 11.7. The van der Waals surface area contributed by atoms with E-state index in [9.17, 15) is 5.11 Å². The molecule has 0 amide bonds. The van der Waals surface area contributed by atoms with Gasteiger partial charge in [0.05, 0.1) is 6.61 Å². The third-order valence-electron chi connectivity index (χ3n) is 3.84. The average molecular weight is 236 g/mol. The first-order chi connectivity index (χ1) is 8.36. The molecule has 5 nitrogen and oxygen atoms in total. The predicted octanol–water partition coefficient (Wildman–Crippen LogP) is 0.442. The molecule has 2 aliphatic rings. The summed E-state index contributed by atoms with van der Waals surface area (Å²) in [6, 6.07) is 0.548. The van der Waals surface area contributed by atoms with Crippen molar-refractivity contribution < 1.29 is 5.11 Å². The van der Waals surface area contributed by atoms with E-state index < -0.39 is 0 Å². The van der Waals surface area contributed by atoms with Crippen LogP contribution in [0.1, 0.15) is 43.3 Å². The van der Waals surface area contributed by atoms with Gasteiger partial charge in [0.15, 0.2) is 5.82 Å². The van der Waals surface area contributed by atoms with Crippen molar-refractivity contribution in [1.29, 1.82) is 0 Å². The number of aliphatic hydroxyl groups is 1. The van der Waals surface area contributed by atoms with Crippen LogP contribution >= 0.6 is 0 Å². The SMILES string of the molecule is OCC1CCCn2nc(CC3CCCN3)nc21. The molecule has 1 aromatic rings. The molecule has 0 radical (unpaired) electrons. The summed E-state index contributed by atoms with van der Waals surface area (Å²) < 4.78 is 1.99. The van der Waals surface area contributed by atoms with Gasteiger partial charge in [-0.3, -0.25) is 0 Å². The Morgan fingerprint density at radius 2 is 2.29 bits per heavy atom. The molecule has 1 fully saturated rings. The van der Waals surface area contributed by atoms with Gasteiger partial charge in [0.2, 0.25) is 0 Å². The van der Waals surface area contributed by atoms with E-state index in [1.54, 1.807) is 0 Å². The van der Waals surface area contributed by atoms with Crippen LogP contribution < -0.4 is 5.32 Å². The lowest BCUT2D eigenvalue weighted by molar-refractivity contribution is 0.234. The molecule has 94 valence electrons. The second-order valence-corrected chi connectivity index (χ2v) is 5.13. The van der Waals surface area contributed by atoms with E-state index in [1.165, 1.54) is 12.8 Å². The van der Waals surface area contributed by atoms with Gasteiger partial charge >= 0.3 is 0 Å². The first kappa shape index (κ1) is 11.2. The van der Waals surface area contributed by atoms with Gasteiger partial charge in [-0.25, -0.2) is 9.67 Å². The minimum atomic E-state index is 0.194. The maximum atomic E-state index is 9.34. The highest BCUT2D eigenvalue weighted by Gasteiger charge is 2.25. The lowest BCUT2D eigenvalue weighted by Crippen LogP contribution is -2.24. The largest absolute Gasteiger partial charge is 0.396 e. The topological polar surface area (TPSA) is 63.0 Å². The van der Waals surface area contributed by atoms with Crippen LogP contribution in [-0.4, -0.2) is 39.1 Å². The number of aromatic nitrogens is 3. The molecule has 0 saturated carbocycles. The summed E-state index contributed by atoms with van der Waals surface area (Å²) in [6.45, 7) is 2.27. The van der Waals surface area contributed by atoms with Gasteiger partial charge in [-0.15, -0.1) is 0 Å². The molecule has 0 aliphatic carbocycles. The normalized spacial score (nSPS) is 28.3. The summed E-state index contributed by atoms with van der Waals surface area (Å²) in [6.07, 6.45) is 5.56. The van der Waals surface area contributed by atoms with Crippen LogP contribution in [0.5, 0.6) is 0 Å². The molecule has 17 heavy (non-hydrogen) atoms. The molecule has 3 heterocycles. The fraction of sp³-hybridized carbons (Fsp3) is 0.833. The molecule has 2 unspecified atom stereocenters. The van der Waals surface area contributed by atoms with E-state index in [4.69, 9.17) is 0 Å². The van der Waals surface area contributed by atoms with Crippen LogP contribution in [0, 0.1) is 0 Å². The van der Waals surface area contributed by atoms with Crippen LogP contribution in [0.3, 0.4) is 0 Å². The van der Waals surface area contributed by atoms with Crippen molar-refractivity contribution in [3.05, 3.63) is 11.6 Å². The van der Waals surface area contributed by atoms with Crippen LogP contribution in [0.4, 0.5) is 0 Å².